The number of aromatic hydroxyl groups is 1. The number of carbonyl (C=O) groups excluding carboxylic acids is 6. The smallest absolute Gasteiger partial charge is 0.245 e. The average molecular weight is 728 g/mol. The predicted octanol–water partition coefficient (Wildman–Crippen LogP) is -2.90. The number of ether oxygens (including phenoxy) is 1. The van der Waals surface area contributed by atoms with E-state index in [1.165, 1.54) is 19.1 Å². The highest BCUT2D eigenvalue weighted by molar-refractivity contribution is 5.96. The van der Waals surface area contributed by atoms with Crippen LogP contribution >= 0.6 is 0 Å². The molecule has 3 rings (SSSR count). The summed E-state index contributed by atoms with van der Waals surface area (Å²) in [7, 11) is 0. The second kappa shape index (κ2) is 20.1. The molecule has 0 unspecified atom stereocenters. The zero-order valence-electron chi connectivity index (χ0n) is 29.3. The van der Waals surface area contributed by atoms with Gasteiger partial charge in [-0.1, -0.05) is 56.3 Å². The van der Waals surface area contributed by atoms with Gasteiger partial charge in [-0.05, 0) is 42.5 Å². The Hall–Kier alpha value is -5.10. The van der Waals surface area contributed by atoms with Crippen molar-refractivity contribution in [3.05, 3.63) is 65.7 Å². The molecule has 6 amide bonds. The molecular weight excluding hydrogens is 678 g/mol. The number of rotatable bonds is 11. The molecule has 17 heteroatoms. The molecule has 2 aromatic carbocycles. The van der Waals surface area contributed by atoms with Gasteiger partial charge in [-0.25, -0.2) is 0 Å². The third-order valence-electron chi connectivity index (χ3n) is 8.26. The van der Waals surface area contributed by atoms with Gasteiger partial charge in [0.2, 0.25) is 35.4 Å². The molecule has 11 N–H and O–H groups in total. The van der Waals surface area contributed by atoms with E-state index >= 15 is 0 Å². The minimum absolute atomic E-state index is 0.00411. The molecule has 0 bridgehead atoms. The number of phenolic OH excluding ortho intramolecular Hbond substituents is 1. The molecule has 1 heterocycles. The zero-order valence-corrected chi connectivity index (χ0v) is 29.3. The molecule has 1 saturated heterocycles. The van der Waals surface area contributed by atoms with E-state index < -0.39 is 103 Å². The van der Waals surface area contributed by atoms with E-state index in [9.17, 15) is 44.1 Å². The number of aliphatic hydroxyl groups is 2. The van der Waals surface area contributed by atoms with Crippen LogP contribution in [0.5, 0.6) is 5.75 Å². The maximum absolute atomic E-state index is 13.8. The van der Waals surface area contributed by atoms with Crippen LogP contribution in [0.2, 0.25) is 0 Å². The maximum atomic E-state index is 13.8. The van der Waals surface area contributed by atoms with Crippen LogP contribution in [-0.2, 0) is 46.3 Å². The molecule has 2 aromatic rings. The highest BCUT2D eigenvalue weighted by Gasteiger charge is 2.33. The lowest BCUT2D eigenvalue weighted by atomic mass is 10.0. The minimum atomic E-state index is -1.51. The fourth-order valence-corrected chi connectivity index (χ4v) is 5.22. The van der Waals surface area contributed by atoms with Crippen LogP contribution in [0.25, 0.3) is 0 Å². The second-order valence-electron chi connectivity index (χ2n) is 12.9. The number of carbonyl (C=O) groups is 6. The van der Waals surface area contributed by atoms with Gasteiger partial charge in [0, 0.05) is 6.42 Å². The number of hydrogen-bond acceptors (Lipinski definition) is 11. The van der Waals surface area contributed by atoms with E-state index in [-0.39, 0.29) is 25.2 Å². The van der Waals surface area contributed by atoms with Crippen molar-refractivity contribution in [1.82, 2.24) is 31.9 Å². The lowest BCUT2D eigenvalue weighted by molar-refractivity contribution is -0.137. The summed E-state index contributed by atoms with van der Waals surface area (Å²) in [5.41, 5.74) is 7.03. The lowest BCUT2D eigenvalue weighted by Crippen LogP contribution is -2.61. The van der Waals surface area contributed by atoms with Crippen molar-refractivity contribution in [2.24, 2.45) is 11.7 Å². The Morgan fingerprint density at radius 2 is 1.42 bits per heavy atom. The summed E-state index contributed by atoms with van der Waals surface area (Å²) in [6.07, 6.45) is 0.259. The van der Waals surface area contributed by atoms with Crippen LogP contribution < -0.4 is 37.6 Å². The Bertz CT molecular complexity index is 1530. The summed E-state index contributed by atoms with van der Waals surface area (Å²) in [5.74, 6) is -5.21. The van der Waals surface area contributed by atoms with Crippen molar-refractivity contribution in [2.45, 2.75) is 75.9 Å². The van der Waals surface area contributed by atoms with Crippen LogP contribution in [0.15, 0.2) is 54.6 Å². The third-order valence-corrected chi connectivity index (χ3v) is 8.26. The van der Waals surface area contributed by atoms with E-state index in [1.54, 1.807) is 26.0 Å². The van der Waals surface area contributed by atoms with Crippen molar-refractivity contribution in [3.8, 4) is 5.75 Å². The molecule has 0 saturated carbocycles. The average Bonchev–Trinajstić information content (AvgIpc) is 3.11. The van der Waals surface area contributed by atoms with Gasteiger partial charge in [-0.2, -0.15) is 0 Å². The standard InChI is InChI=1S/C35H49N7O10/c1-19(2)29(42-31(47)25(36)15-43)35(51)41-28-18-52-17-23(13-21-7-5-4-6-8-21)38-32(48)26(14-22-9-11-24(45)12-10-22)39-33(49)27(16-44)40-30(46)20(3)37-34(28)50/h4-12,19-20,23,25-29,43-45H,13-18,36H2,1-3H3,(H,37,50)(H,38,48)(H,39,49)(H,40,46)(H,41,51)(H,42,47)/t20-,23+,25-,26-,27-,28-,29-/m0/s1. The second-order valence-corrected chi connectivity index (χ2v) is 12.9. The molecule has 1 fully saturated rings. The van der Waals surface area contributed by atoms with Crippen LogP contribution in [0.4, 0.5) is 0 Å². The fraction of sp³-hybridized carbons (Fsp3) is 0.486. The Labute approximate surface area is 301 Å². The van der Waals surface area contributed by atoms with Crippen molar-refractivity contribution < 1.29 is 48.8 Å². The first-order valence-electron chi connectivity index (χ1n) is 16.9. The Balaban J connectivity index is 1.95. The molecule has 17 nitrogen and oxygen atoms in total. The first-order chi connectivity index (χ1) is 24.7. The van der Waals surface area contributed by atoms with Gasteiger partial charge in [0.05, 0.1) is 32.5 Å². The number of nitrogens with two attached hydrogens (primary N) is 1. The van der Waals surface area contributed by atoms with E-state index in [0.29, 0.717) is 5.56 Å². The van der Waals surface area contributed by atoms with Crippen LogP contribution in [-0.4, -0.2) is 119 Å². The number of aliphatic hydroxyl groups excluding tert-OH is 2. The monoisotopic (exact) mass is 727 g/mol. The van der Waals surface area contributed by atoms with E-state index in [1.807, 2.05) is 30.3 Å². The SMILES string of the molecule is CC(C)[C@H](NC(=O)[C@@H](N)CO)C(=O)N[C@H]1COC[C@@H](Cc2ccccc2)NC(=O)[C@H](Cc2ccc(O)cc2)NC(=O)[C@H](CO)NC(=O)[C@H](C)NC1=O. The Kier molecular flexibility index (Phi) is 15.9. The van der Waals surface area contributed by atoms with Gasteiger partial charge in [-0.15, -0.1) is 0 Å². The highest BCUT2D eigenvalue weighted by Crippen LogP contribution is 2.13. The third kappa shape index (κ3) is 12.6. The molecule has 0 aliphatic carbocycles. The molecule has 1 aliphatic heterocycles. The molecular formula is C35H49N7O10. The number of amides is 6. The lowest BCUT2D eigenvalue weighted by Gasteiger charge is -2.29. The number of benzene rings is 2. The van der Waals surface area contributed by atoms with Gasteiger partial charge in [0.1, 0.15) is 42.0 Å². The van der Waals surface area contributed by atoms with Gasteiger partial charge in [-0.3, -0.25) is 28.8 Å². The molecule has 52 heavy (non-hydrogen) atoms. The summed E-state index contributed by atoms with van der Waals surface area (Å²) in [5, 5.41) is 44.4. The van der Waals surface area contributed by atoms with Crippen LogP contribution in [0, 0.1) is 5.92 Å². The van der Waals surface area contributed by atoms with Gasteiger partial charge >= 0.3 is 0 Å². The van der Waals surface area contributed by atoms with Crippen molar-refractivity contribution in [1.29, 1.82) is 0 Å². The molecule has 284 valence electrons. The minimum Gasteiger partial charge on any atom is -0.508 e. The maximum Gasteiger partial charge on any atom is 0.245 e. The fourth-order valence-electron chi connectivity index (χ4n) is 5.22. The highest BCUT2D eigenvalue weighted by atomic mass is 16.5. The van der Waals surface area contributed by atoms with E-state index in [0.717, 1.165) is 5.56 Å². The van der Waals surface area contributed by atoms with Crippen molar-refractivity contribution in [2.75, 3.05) is 26.4 Å². The Morgan fingerprint density at radius 1 is 0.808 bits per heavy atom. The topological polar surface area (TPSA) is 271 Å². The van der Waals surface area contributed by atoms with E-state index in [2.05, 4.69) is 31.9 Å². The summed E-state index contributed by atoms with van der Waals surface area (Å²) < 4.78 is 5.93. The normalized spacial score (nSPS) is 23.3. The van der Waals surface area contributed by atoms with Crippen LogP contribution in [0.3, 0.4) is 0 Å². The first kappa shape index (κ1) is 41.3. The quantitative estimate of drug-likeness (QED) is 0.112. The number of nitrogens with one attached hydrogen (secondary N) is 6. The molecule has 0 radical (unpaired) electrons. The van der Waals surface area contributed by atoms with Gasteiger partial charge in [0.25, 0.3) is 0 Å². The number of phenols is 1. The first-order valence-corrected chi connectivity index (χ1v) is 16.9. The number of hydrogen-bond donors (Lipinski definition) is 10. The van der Waals surface area contributed by atoms with E-state index in [4.69, 9.17) is 10.5 Å². The summed E-state index contributed by atoms with van der Waals surface area (Å²) in [6, 6.07) is 6.63. The predicted molar refractivity (Wildman–Crippen MR) is 187 cm³/mol. The summed E-state index contributed by atoms with van der Waals surface area (Å²) >= 11 is 0. The van der Waals surface area contributed by atoms with Crippen LogP contribution in [0.1, 0.15) is 31.9 Å². The van der Waals surface area contributed by atoms with Crippen molar-refractivity contribution >= 4 is 35.4 Å². The van der Waals surface area contributed by atoms with Gasteiger partial charge in [0.15, 0.2) is 0 Å². The summed E-state index contributed by atoms with van der Waals surface area (Å²) in [4.78, 5) is 79.6. The zero-order chi connectivity index (χ0) is 38.4. The molecule has 0 aromatic heterocycles. The summed E-state index contributed by atoms with van der Waals surface area (Å²) in [6.45, 7) is 2.55. The van der Waals surface area contributed by atoms with Crippen molar-refractivity contribution in [3.63, 3.8) is 0 Å². The largest absolute Gasteiger partial charge is 0.508 e. The molecule has 0 spiro atoms. The molecule has 7 atom stereocenters. The van der Waals surface area contributed by atoms with Gasteiger partial charge < -0.3 is 57.7 Å². The molecule has 1 aliphatic rings. The Morgan fingerprint density at radius 3 is 2.04 bits per heavy atom.